The van der Waals surface area contributed by atoms with Crippen LogP contribution in [0.1, 0.15) is 91.4 Å². The standard InChI is InChI=1S/C18H38O4S/c1-5-6-7-8-9-10-11-12-13-17(2)14-15-18(3)16-22-23(19,20)21-4/h17-18H,5-16H2,1-4H3. The molecule has 0 fully saturated rings. The molecule has 5 heteroatoms. The van der Waals surface area contributed by atoms with Gasteiger partial charge >= 0.3 is 10.4 Å². The van der Waals surface area contributed by atoms with Gasteiger partial charge in [0.25, 0.3) is 0 Å². The third-order valence-electron chi connectivity index (χ3n) is 4.40. The zero-order chi connectivity index (χ0) is 17.6. The molecule has 140 valence electrons. The van der Waals surface area contributed by atoms with E-state index in [1.807, 2.05) is 6.92 Å². The molecule has 0 saturated carbocycles. The van der Waals surface area contributed by atoms with E-state index in [1.165, 1.54) is 57.8 Å². The maximum absolute atomic E-state index is 11.1. The minimum absolute atomic E-state index is 0.209. The van der Waals surface area contributed by atoms with E-state index < -0.39 is 10.4 Å². The first kappa shape index (κ1) is 22.9. The summed E-state index contributed by atoms with van der Waals surface area (Å²) in [5.41, 5.74) is 0. The predicted molar refractivity (Wildman–Crippen MR) is 96.7 cm³/mol. The van der Waals surface area contributed by atoms with Gasteiger partial charge in [-0.25, -0.2) is 4.18 Å². The molecule has 0 aliphatic rings. The fourth-order valence-corrected chi connectivity index (χ4v) is 3.17. The number of hydrogen-bond donors (Lipinski definition) is 0. The molecule has 0 aromatic heterocycles. The Morgan fingerprint density at radius 3 is 1.87 bits per heavy atom. The lowest BCUT2D eigenvalue weighted by atomic mass is 9.94. The van der Waals surface area contributed by atoms with E-state index >= 15 is 0 Å². The van der Waals surface area contributed by atoms with Gasteiger partial charge in [0.1, 0.15) is 0 Å². The third kappa shape index (κ3) is 15.2. The number of rotatable bonds is 16. The van der Waals surface area contributed by atoms with Gasteiger partial charge in [-0.3, -0.25) is 4.18 Å². The van der Waals surface area contributed by atoms with Crippen LogP contribution in [-0.4, -0.2) is 22.1 Å². The Hall–Kier alpha value is -0.130. The molecule has 4 nitrogen and oxygen atoms in total. The summed E-state index contributed by atoms with van der Waals surface area (Å²) < 4.78 is 31.2. The Morgan fingerprint density at radius 2 is 1.30 bits per heavy atom. The fraction of sp³-hybridized carbons (Fsp3) is 1.00. The maximum Gasteiger partial charge on any atom is 0.399 e. The lowest BCUT2D eigenvalue weighted by Gasteiger charge is -2.15. The highest BCUT2D eigenvalue weighted by molar-refractivity contribution is 7.81. The second kappa shape index (κ2) is 14.2. The van der Waals surface area contributed by atoms with Crippen LogP contribution in [0.3, 0.4) is 0 Å². The van der Waals surface area contributed by atoms with Crippen LogP contribution in [0.15, 0.2) is 0 Å². The van der Waals surface area contributed by atoms with Crippen molar-refractivity contribution < 1.29 is 16.8 Å². The van der Waals surface area contributed by atoms with Gasteiger partial charge in [0.2, 0.25) is 0 Å². The summed E-state index contributed by atoms with van der Waals surface area (Å²) in [6, 6.07) is 0. The molecule has 0 aliphatic carbocycles. The van der Waals surface area contributed by atoms with Gasteiger partial charge in [-0.1, -0.05) is 85.0 Å². The van der Waals surface area contributed by atoms with Crippen molar-refractivity contribution in [3.8, 4) is 0 Å². The zero-order valence-corrected chi connectivity index (χ0v) is 16.5. The van der Waals surface area contributed by atoms with Crippen molar-refractivity contribution in [1.29, 1.82) is 0 Å². The fourth-order valence-electron chi connectivity index (χ4n) is 2.67. The smallest absolute Gasteiger partial charge is 0.252 e. The van der Waals surface area contributed by atoms with Crippen LogP contribution in [0.2, 0.25) is 0 Å². The van der Waals surface area contributed by atoms with Gasteiger partial charge in [0.15, 0.2) is 0 Å². The first-order valence-electron chi connectivity index (χ1n) is 9.36. The van der Waals surface area contributed by atoms with Crippen molar-refractivity contribution in [3.63, 3.8) is 0 Å². The van der Waals surface area contributed by atoms with Gasteiger partial charge in [-0.2, -0.15) is 8.42 Å². The summed E-state index contributed by atoms with van der Waals surface area (Å²) in [6.45, 7) is 6.78. The second-order valence-corrected chi connectivity index (χ2v) is 8.30. The summed E-state index contributed by atoms with van der Waals surface area (Å²) in [7, 11) is -2.67. The first-order chi connectivity index (χ1) is 10.9. The normalized spacial score (nSPS) is 14.8. The van der Waals surface area contributed by atoms with Gasteiger partial charge < -0.3 is 0 Å². The van der Waals surface area contributed by atoms with E-state index in [0.29, 0.717) is 5.92 Å². The van der Waals surface area contributed by atoms with Crippen molar-refractivity contribution in [2.24, 2.45) is 11.8 Å². The van der Waals surface area contributed by atoms with Crippen LogP contribution in [0.5, 0.6) is 0 Å². The first-order valence-corrected chi connectivity index (χ1v) is 10.7. The zero-order valence-electron chi connectivity index (χ0n) is 15.7. The summed E-state index contributed by atoms with van der Waals surface area (Å²) in [5.74, 6) is 0.942. The molecule has 0 aromatic rings. The Balaban J connectivity index is 3.50. The van der Waals surface area contributed by atoms with E-state index in [9.17, 15) is 8.42 Å². The van der Waals surface area contributed by atoms with Crippen LogP contribution in [0.4, 0.5) is 0 Å². The molecular formula is C18H38O4S. The Bertz CT molecular complexity index is 354. The van der Waals surface area contributed by atoms with Crippen LogP contribution in [0.25, 0.3) is 0 Å². The molecule has 0 amide bonds. The molecule has 0 heterocycles. The molecule has 0 saturated heterocycles. The average Bonchev–Trinajstić information content (AvgIpc) is 2.53. The van der Waals surface area contributed by atoms with Crippen molar-refractivity contribution in [2.45, 2.75) is 91.4 Å². The van der Waals surface area contributed by atoms with Gasteiger partial charge in [0.05, 0.1) is 13.7 Å². The third-order valence-corrected chi connectivity index (χ3v) is 5.24. The average molecular weight is 351 g/mol. The Labute approximate surface area is 144 Å². The van der Waals surface area contributed by atoms with E-state index in [2.05, 4.69) is 18.0 Å². The molecule has 0 N–H and O–H groups in total. The van der Waals surface area contributed by atoms with E-state index in [1.54, 1.807) is 0 Å². The molecule has 0 spiro atoms. The van der Waals surface area contributed by atoms with Crippen LogP contribution < -0.4 is 0 Å². The summed E-state index contributed by atoms with van der Waals surface area (Å²) in [5, 5.41) is 0. The highest BCUT2D eigenvalue weighted by Crippen LogP contribution is 2.19. The summed E-state index contributed by atoms with van der Waals surface area (Å²) in [6.07, 6.45) is 14.3. The molecule has 2 unspecified atom stereocenters. The van der Waals surface area contributed by atoms with Gasteiger partial charge in [-0.05, 0) is 18.3 Å². The Kier molecular flexibility index (Phi) is 14.2. The number of hydrogen-bond acceptors (Lipinski definition) is 4. The van der Waals surface area contributed by atoms with Crippen molar-refractivity contribution in [2.75, 3.05) is 13.7 Å². The maximum atomic E-state index is 11.1. The van der Waals surface area contributed by atoms with Gasteiger partial charge in [0, 0.05) is 0 Å². The van der Waals surface area contributed by atoms with Crippen molar-refractivity contribution >= 4 is 10.4 Å². The van der Waals surface area contributed by atoms with Crippen molar-refractivity contribution in [1.82, 2.24) is 0 Å². The Morgan fingerprint density at radius 1 is 0.783 bits per heavy atom. The molecule has 0 bridgehead atoms. The lowest BCUT2D eigenvalue weighted by Crippen LogP contribution is -2.14. The van der Waals surface area contributed by atoms with E-state index in [0.717, 1.165) is 20.0 Å². The molecular weight excluding hydrogens is 312 g/mol. The lowest BCUT2D eigenvalue weighted by molar-refractivity contribution is 0.204. The predicted octanol–water partition coefficient (Wildman–Crippen LogP) is 5.48. The number of unbranched alkanes of at least 4 members (excludes halogenated alkanes) is 7. The minimum atomic E-state index is -3.78. The van der Waals surface area contributed by atoms with E-state index in [4.69, 9.17) is 4.18 Å². The summed E-state index contributed by atoms with van der Waals surface area (Å²) in [4.78, 5) is 0. The monoisotopic (exact) mass is 350 g/mol. The minimum Gasteiger partial charge on any atom is -0.252 e. The molecule has 23 heavy (non-hydrogen) atoms. The quantitative estimate of drug-likeness (QED) is 0.346. The largest absolute Gasteiger partial charge is 0.399 e. The molecule has 2 atom stereocenters. The molecule has 0 rings (SSSR count). The second-order valence-electron chi connectivity index (χ2n) is 6.91. The van der Waals surface area contributed by atoms with Crippen LogP contribution >= 0.6 is 0 Å². The van der Waals surface area contributed by atoms with Crippen molar-refractivity contribution in [3.05, 3.63) is 0 Å². The van der Waals surface area contributed by atoms with Crippen LogP contribution in [0, 0.1) is 11.8 Å². The topological polar surface area (TPSA) is 52.6 Å². The molecule has 0 aliphatic heterocycles. The van der Waals surface area contributed by atoms with E-state index in [-0.39, 0.29) is 12.5 Å². The van der Waals surface area contributed by atoms with Gasteiger partial charge in [-0.15, -0.1) is 0 Å². The SMILES string of the molecule is CCCCCCCCCCC(C)CCC(C)COS(=O)(=O)OC. The summed E-state index contributed by atoms with van der Waals surface area (Å²) >= 11 is 0. The van der Waals surface area contributed by atoms with Crippen LogP contribution in [-0.2, 0) is 18.8 Å². The highest BCUT2D eigenvalue weighted by Gasteiger charge is 2.13. The highest BCUT2D eigenvalue weighted by atomic mass is 32.3. The molecule has 0 aromatic carbocycles. The molecule has 0 radical (unpaired) electrons.